The Morgan fingerprint density at radius 2 is 1.66 bits per heavy atom. The number of carbonyl (C=O) groups excluding carboxylic acids is 1. The number of aromatic nitrogens is 2. The van der Waals surface area contributed by atoms with Crippen molar-refractivity contribution in [1.29, 1.82) is 0 Å². The number of methoxy groups -OCH3 is 1. The lowest BCUT2D eigenvalue weighted by Gasteiger charge is -2.32. The molecular weight excluding hydrogens is 442 g/mol. The van der Waals surface area contributed by atoms with Gasteiger partial charge in [-0.15, -0.1) is 10.2 Å². The lowest BCUT2D eigenvalue weighted by Crippen LogP contribution is -2.38. The van der Waals surface area contributed by atoms with E-state index in [0.717, 1.165) is 86.4 Å². The van der Waals surface area contributed by atoms with Gasteiger partial charge < -0.3 is 24.6 Å². The second-order valence-corrected chi connectivity index (χ2v) is 8.87. The molecule has 1 amide bonds. The van der Waals surface area contributed by atoms with Gasteiger partial charge in [0.05, 0.1) is 26.0 Å². The third-order valence-electron chi connectivity index (χ3n) is 6.73. The number of carbonyl (C=O) groups is 1. The Morgan fingerprint density at radius 1 is 0.914 bits per heavy atom. The second kappa shape index (κ2) is 10.7. The van der Waals surface area contributed by atoms with Gasteiger partial charge in [0.15, 0.2) is 5.82 Å². The largest absolute Gasteiger partial charge is 0.496 e. The number of morpholine rings is 1. The number of rotatable bonds is 6. The van der Waals surface area contributed by atoms with E-state index in [1.54, 1.807) is 7.11 Å². The third kappa shape index (κ3) is 5.38. The fourth-order valence-electron chi connectivity index (χ4n) is 4.69. The molecule has 0 spiro atoms. The van der Waals surface area contributed by atoms with Crippen molar-refractivity contribution in [3.63, 3.8) is 0 Å². The van der Waals surface area contributed by atoms with Crippen LogP contribution in [0.25, 0.3) is 11.3 Å². The molecule has 2 aromatic carbocycles. The average Bonchev–Trinajstić information content (AvgIpc) is 2.94. The molecule has 2 aliphatic rings. The predicted molar refractivity (Wildman–Crippen MR) is 137 cm³/mol. The number of hydrogen-bond acceptors (Lipinski definition) is 7. The van der Waals surface area contributed by atoms with Gasteiger partial charge in [-0.3, -0.25) is 4.79 Å². The number of nitrogens with zero attached hydrogens (tertiary/aromatic N) is 4. The van der Waals surface area contributed by atoms with Crippen LogP contribution in [-0.2, 0) is 9.53 Å². The van der Waals surface area contributed by atoms with Crippen molar-refractivity contribution in [1.82, 2.24) is 10.2 Å². The van der Waals surface area contributed by atoms with Gasteiger partial charge in [0, 0.05) is 49.0 Å². The Labute approximate surface area is 205 Å². The summed E-state index contributed by atoms with van der Waals surface area (Å²) in [5, 5.41) is 12.0. The van der Waals surface area contributed by atoms with Gasteiger partial charge >= 0.3 is 0 Å². The number of piperidine rings is 1. The Bertz CT molecular complexity index is 1120. The number of para-hydroxylation sites is 1. The minimum Gasteiger partial charge on any atom is -0.496 e. The molecule has 5 rings (SSSR count). The quantitative estimate of drug-likeness (QED) is 0.583. The van der Waals surface area contributed by atoms with E-state index >= 15 is 0 Å². The van der Waals surface area contributed by atoms with Gasteiger partial charge in [-0.05, 0) is 61.4 Å². The summed E-state index contributed by atoms with van der Waals surface area (Å²) in [6.07, 6.45) is 1.57. The molecule has 0 aliphatic carbocycles. The van der Waals surface area contributed by atoms with Crippen LogP contribution in [0.5, 0.6) is 5.75 Å². The van der Waals surface area contributed by atoms with E-state index < -0.39 is 0 Å². The van der Waals surface area contributed by atoms with E-state index in [0.29, 0.717) is 0 Å². The van der Waals surface area contributed by atoms with Crippen molar-refractivity contribution in [2.24, 2.45) is 5.92 Å². The summed E-state index contributed by atoms with van der Waals surface area (Å²) in [5.74, 6) is 1.69. The normalized spacial score (nSPS) is 16.7. The number of hydrogen-bond donors (Lipinski definition) is 1. The highest BCUT2D eigenvalue weighted by Crippen LogP contribution is 2.29. The highest BCUT2D eigenvalue weighted by molar-refractivity contribution is 5.92. The average molecular weight is 474 g/mol. The predicted octanol–water partition coefficient (Wildman–Crippen LogP) is 3.84. The molecule has 0 bridgehead atoms. The summed E-state index contributed by atoms with van der Waals surface area (Å²) in [4.78, 5) is 17.4. The minimum absolute atomic E-state index is 0.00835. The number of amides is 1. The molecule has 182 valence electrons. The van der Waals surface area contributed by atoms with Crippen LogP contribution in [0, 0.1) is 5.92 Å². The second-order valence-electron chi connectivity index (χ2n) is 8.87. The zero-order valence-corrected chi connectivity index (χ0v) is 20.0. The van der Waals surface area contributed by atoms with E-state index in [1.807, 2.05) is 48.5 Å². The fraction of sp³-hybridized carbons (Fsp3) is 0.370. The van der Waals surface area contributed by atoms with Crippen LogP contribution in [0.2, 0.25) is 0 Å². The maximum absolute atomic E-state index is 12.9. The number of nitrogens with one attached hydrogen (secondary N) is 1. The van der Waals surface area contributed by atoms with Crippen LogP contribution in [0.4, 0.5) is 17.2 Å². The van der Waals surface area contributed by atoms with Gasteiger partial charge in [-0.25, -0.2) is 0 Å². The van der Waals surface area contributed by atoms with Crippen LogP contribution in [-0.4, -0.2) is 62.6 Å². The lowest BCUT2D eigenvalue weighted by molar-refractivity contribution is -0.120. The zero-order valence-electron chi connectivity index (χ0n) is 20.0. The van der Waals surface area contributed by atoms with Crippen LogP contribution in [0.1, 0.15) is 12.8 Å². The first-order valence-corrected chi connectivity index (χ1v) is 12.2. The molecule has 2 saturated heterocycles. The lowest BCUT2D eigenvalue weighted by atomic mass is 9.95. The molecule has 2 fully saturated rings. The molecule has 0 saturated carbocycles. The van der Waals surface area contributed by atoms with Gasteiger partial charge in [0.2, 0.25) is 5.91 Å². The van der Waals surface area contributed by atoms with Gasteiger partial charge in [-0.1, -0.05) is 12.1 Å². The Kier molecular flexibility index (Phi) is 7.09. The first-order valence-electron chi connectivity index (χ1n) is 12.2. The summed E-state index contributed by atoms with van der Waals surface area (Å²) in [6, 6.07) is 19.8. The third-order valence-corrected chi connectivity index (χ3v) is 6.73. The first kappa shape index (κ1) is 23.1. The molecule has 0 atom stereocenters. The highest BCUT2D eigenvalue weighted by atomic mass is 16.5. The van der Waals surface area contributed by atoms with Crippen LogP contribution < -0.4 is 19.9 Å². The van der Waals surface area contributed by atoms with E-state index in [9.17, 15) is 4.79 Å². The monoisotopic (exact) mass is 473 g/mol. The fourth-order valence-corrected chi connectivity index (χ4v) is 4.69. The molecule has 8 nitrogen and oxygen atoms in total. The van der Waals surface area contributed by atoms with Gasteiger partial charge in [0.25, 0.3) is 0 Å². The minimum atomic E-state index is -0.00835. The molecule has 3 heterocycles. The zero-order chi connectivity index (χ0) is 24.0. The summed E-state index contributed by atoms with van der Waals surface area (Å²) in [7, 11) is 1.65. The number of anilines is 3. The van der Waals surface area contributed by atoms with Crippen LogP contribution in [0.15, 0.2) is 60.7 Å². The number of benzene rings is 2. The topological polar surface area (TPSA) is 79.8 Å². The van der Waals surface area contributed by atoms with Crippen molar-refractivity contribution in [3.05, 3.63) is 60.7 Å². The van der Waals surface area contributed by atoms with Crippen molar-refractivity contribution >= 4 is 23.1 Å². The van der Waals surface area contributed by atoms with Crippen LogP contribution >= 0.6 is 0 Å². The molecule has 35 heavy (non-hydrogen) atoms. The maximum atomic E-state index is 12.9. The first-order chi connectivity index (χ1) is 17.2. The smallest absolute Gasteiger partial charge is 0.227 e. The summed E-state index contributed by atoms with van der Waals surface area (Å²) >= 11 is 0. The molecule has 1 aromatic heterocycles. The molecule has 2 aliphatic heterocycles. The molecule has 0 radical (unpaired) electrons. The van der Waals surface area contributed by atoms with E-state index in [-0.39, 0.29) is 11.8 Å². The van der Waals surface area contributed by atoms with E-state index in [1.165, 1.54) is 0 Å². The maximum Gasteiger partial charge on any atom is 0.227 e. The Hall–Kier alpha value is -3.65. The van der Waals surface area contributed by atoms with Crippen molar-refractivity contribution < 1.29 is 14.3 Å². The van der Waals surface area contributed by atoms with Crippen molar-refractivity contribution in [2.75, 3.05) is 61.6 Å². The van der Waals surface area contributed by atoms with Gasteiger partial charge in [0.1, 0.15) is 5.75 Å². The van der Waals surface area contributed by atoms with Crippen molar-refractivity contribution in [2.45, 2.75) is 12.8 Å². The van der Waals surface area contributed by atoms with Gasteiger partial charge in [-0.2, -0.15) is 0 Å². The van der Waals surface area contributed by atoms with Crippen molar-refractivity contribution in [3.8, 4) is 17.0 Å². The van der Waals surface area contributed by atoms with Crippen LogP contribution in [0.3, 0.4) is 0 Å². The van der Waals surface area contributed by atoms with E-state index in [4.69, 9.17) is 9.47 Å². The Morgan fingerprint density at radius 3 is 2.34 bits per heavy atom. The molecule has 3 aromatic rings. The summed E-state index contributed by atoms with van der Waals surface area (Å²) in [5.41, 5.74) is 3.70. The highest BCUT2D eigenvalue weighted by Gasteiger charge is 2.26. The Balaban J connectivity index is 1.14. The molecule has 0 unspecified atom stereocenters. The summed E-state index contributed by atoms with van der Waals surface area (Å²) in [6.45, 7) is 4.87. The van der Waals surface area contributed by atoms with E-state index in [2.05, 4.69) is 37.4 Å². The summed E-state index contributed by atoms with van der Waals surface area (Å²) < 4.78 is 10.9. The SMILES string of the molecule is COc1ccccc1-c1ccc(N2CCC(C(=O)Nc3ccc(N4CCOCC4)cc3)CC2)nn1. The number of ether oxygens (including phenoxy) is 2. The molecule has 1 N–H and O–H groups in total. The molecular formula is C27H31N5O3. The molecule has 8 heteroatoms. The standard InChI is InChI=1S/C27H31N5O3/c1-34-25-5-3-2-4-23(25)24-10-11-26(30-29-24)32-14-12-20(13-15-32)27(33)28-21-6-8-22(9-7-21)31-16-18-35-19-17-31/h2-11,20H,12-19H2,1H3,(H,28,33).